The second-order valence-electron chi connectivity index (χ2n) is 14.3. The zero-order valence-corrected chi connectivity index (χ0v) is 34.9. The lowest BCUT2D eigenvalue weighted by Crippen LogP contribution is -2.27. The summed E-state index contributed by atoms with van der Waals surface area (Å²) in [4.78, 5) is 33.9. The van der Waals surface area contributed by atoms with Gasteiger partial charge in [0.25, 0.3) is 0 Å². The number of hydrogen-bond acceptors (Lipinski definition) is 7. The van der Waals surface area contributed by atoms with Crippen LogP contribution in [0.15, 0.2) is 36.5 Å². The number of phosphoric ester groups is 1. The minimum absolute atomic E-state index is 0.0727. The zero-order chi connectivity index (χ0) is 38.9. The number of nitrogens with one attached hydrogen (secondary N) is 1. The Kier molecular flexibility index (Phi) is 38.6. The van der Waals surface area contributed by atoms with Crippen LogP contribution in [-0.2, 0) is 27.9 Å². The van der Waals surface area contributed by atoms with Crippen LogP contribution in [0.3, 0.4) is 0 Å². The predicted octanol–water partition coefficient (Wildman–Crippen LogP) is 11.8. The Bertz CT molecular complexity index is 970. The average molecular weight is 770 g/mol. The Labute approximate surface area is 324 Å². The molecule has 10 heteroatoms. The Morgan fingerprint density at radius 3 is 1.62 bits per heavy atom. The first kappa shape index (κ1) is 51.2. The summed E-state index contributed by atoms with van der Waals surface area (Å²) in [6.07, 6.45) is 43.6. The van der Waals surface area contributed by atoms with Gasteiger partial charge in [0.1, 0.15) is 12.7 Å². The van der Waals surface area contributed by atoms with E-state index in [9.17, 15) is 24.2 Å². The molecular weight excluding hydrogens is 689 g/mol. The molecule has 1 amide bonds. The standard InChI is InChI=1S/C43H80NO8P/c1-3-5-7-9-11-13-15-17-19-20-22-24-26-28-30-32-34-36-43(47)50-39-41(45)40-52-53(48,49)51-38-37-44-42(46)35-33-31-29-27-25-23-21-18-16-14-12-10-8-6-4-2/h6,8,12,14,18,21,41,45H,3-5,7,9-11,13,15-17,19-20,22-40H2,1-2H3,(H,44,46)(H,48,49)/b8-6-,14-12-,21-18-. The summed E-state index contributed by atoms with van der Waals surface area (Å²) >= 11 is 0. The maximum Gasteiger partial charge on any atom is 0.472 e. The summed E-state index contributed by atoms with van der Waals surface area (Å²) in [5.41, 5.74) is 0. The van der Waals surface area contributed by atoms with Gasteiger partial charge in [0.15, 0.2) is 0 Å². The van der Waals surface area contributed by atoms with Crippen molar-refractivity contribution < 1.29 is 37.9 Å². The Balaban J connectivity index is 3.60. The van der Waals surface area contributed by atoms with Crippen molar-refractivity contribution in [3.05, 3.63) is 36.5 Å². The van der Waals surface area contributed by atoms with Crippen LogP contribution in [0, 0.1) is 0 Å². The molecule has 0 saturated carbocycles. The number of carbonyl (C=O) groups excluding carboxylic acids is 2. The van der Waals surface area contributed by atoms with Crippen molar-refractivity contribution in [3.63, 3.8) is 0 Å². The van der Waals surface area contributed by atoms with Crippen LogP contribution in [-0.4, -0.2) is 54.3 Å². The first-order valence-corrected chi connectivity index (χ1v) is 23.0. The first-order chi connectivity index (χ1) is 25.8. The third kappa shape index (κ3) is 41.2. The van der Waals surface area contributed by atoms with Crippen LogP contribution in [0.25, 0.3) is 0 Å². The summed E-state index contributed by atoms with van der Waals surface area (Å²) in [5.74, 6) is -0.530. The van der Waals surface area contributed by atoms with Crippen molar-refractivity contribution in [3.8, 4) is 0 Å². The van der Waals surface area contributed by atoms with Crippen LogP contribution >= 0.6 is 7.82 Å². The molecule has 3 N–H and O–H groups in total. The lowest BCUT2D eigenvalue weighted by molar-refractivity contribution is -0.147. The zero-order valence-electron chi connectivity index (χ0n) is 34.0. The minimum Gasteiger partial charge on any atom is -0.463 e. The van der Waals surface area contributed by atoms with Crippen molar-refractivity contribution in [2.24, 2.45) is 0 Å². The second-order valence-corrected chi connectivity index (χ2v) is 15.7. The first-order valence-electron chi connectivity index (χ1n) is 21.5. The third-order valence-corrected chi connectivity index (χ3v) is 10.1. The van der Waals surface area contributed by atoms with Gasteiger partial charge in [-0.3, -0.25) is 18.6 Å². The van der Waals surface area contributed by atoms with Crippen LogP contribution in [0.2, 0.25) is 0 Å². The number of unbranched alkanes of at least 4 members (excludes halogenated alkanes) is 21. The van der Waals surface area contributed by atoms with Gasteiger partial charge in [0.05, 0.1) is 13.2 Å². The van der Waals surface area contributed by atoms with E-state index in [-0.39, 0.29) is 32.1 Å². The maximum absolute atomic E-state index is 12.1. The van der Waals surface area contributed by atoms with Gasteiger partial charge in [-0.15, -0.1) is 0 Å². The molecule has 310 valence electrons. The molecule has 9 nitrogen and oxygen atoms in total. The molecule has 0 bridgehead atoms. The van der Waals surface area contributed by atoms with Crippen molar-refractivity contribution in [1.29, 1.82) is 0 Å². The van der Waals surface area contributed by atoms with Gasteiger partial charge in [-0.2, -0.15) is 0 Å². The van der Waals surface area contributed by atoms with E-state index in [4.69, 9.17) is 13.8 Å². The van der Waals surface area contributed by atoms with Gasteiger partial charge >= 0.3 is 13.8 Å². The number of ether oxygens (including phenoxy) is 1. The van der Waals surface area contributed by atoms with Crippen LogP contribution in [0.4, 0.5) is 0 Å². The van der Waals surface area contributed by atoms with E-state index in [0.717, 1.165) is 77.0 Å². The number of phosphoric acid groups is 1. The molecule has 53 heavy (non-hydrogen) atoms. The van der Waals surface area contributed by atoms with Crippen molar-refractivity contribution in [2.75, 3.05) is 26.4 Å². The SMILES string of the molecule is CC/C=C\C/C=C\C/C=C\CCCCCCCC(=O)NCCOP(=O)(O)OCC(O)COC(=O)CCCCCCCCCCCCCCCCCCC. The highest BCUT2D eigenvalue weighted by atomic mass is 31.2. The summed E-state index contributed by atoms with van der Waals surface area (Å²) in [6.45, 7) is 3.43. The minimum atomic E-state index is -4.42. The molecule has 0 aromatic rings. The number of allylic oxidation sites excluding steroid dienone is 6. The maximum atomic E-state index is 12.1. The van der Waals surface area contributed by atoms with Crippen LogP contribution < -0.4 is 5.32 Å². The third-order valence-electron chi connectivity index (χ3n) is 9.08. The fourth-order valence-electron chi connectivity index (χ4n) is 5.87. The number of amides is 1. The molecule has 0 spiro atoms. The normalized spacial score (nSPS) is 13.7. The largest absolute Gasteiger partial charge is 0.472 e. The molecule has 0 aliphatic heterocycles. The molecule has 0 aliphatic rings. The summed E-state index contributed by atoms with van der Waals surface area (Å²) in [6, 6.07) is 0. The van der Waals surface area contributed by atoms with Crippen molar-refractivity contribution >= 4 is 19.7 Å². The highest BCUT2D eigenvalue weighted by Gasteiger charge is 2.23. The van der Waals surface area contributed by atoms with Crippen molar-refractivity contribution in [1.82, 2.24) is 5.32 Å². The van der Waals surface area contributed by atoms with E-state index in [0.29, 0.717) is 6.42 Å². The van der Waals surface area contributed by atoms with E-state index in [2.05, 4.69) is 55.6 Å². The number of esters is 1. The number of carbonyl (C=O) groups is 2. The number of aliphatic hydroxyl groups excluding tert-OH is 1. The lowest BCUT2D eigenvalue weighted by atomic mass is 10.0. The molecule has 2 atom stereocenters. The highest BCUT2D eigenvalue weighted by molar-refractivity contribution is 7.47. The summed E-state index contributed by atoms with van der Waals surface area (Å²) in [5, 5.41) is 12.7. The number of aliphatic hydroxyl groups is 1. The van der Waals surface area contributed by atoms with E-state index in [1.165, 1.54) is 89.9 Å². The van der Waals surface area contributed by atoms with Gasteiger partial charge in [-0.1, -0.05) is 172 Å². The molecule has 0 rings (SSSR count). The van der Waals surface area contributed by atoms with E-state index >= 15 is 0 Å². The molecule has 0 aromatic carbocycles. The van der Waals surface area contributed by atoms with E-state index < -0.39 is 26.5 Å². The average Bonchev–Trinajstić information content (AvgIpc) is 3.14. The molecule has 0 aliphatic carbocycles. The summed E-state index contributed by atoms with van der Waals surface area (Å²) in [7, 11) is -4.42. The molecule has 0 aromatic heterocycles. The van der Waals surface area contributed by atoms with Crippen LogP contribution in [0.5, 0.6) is 0 Å². The van der Waals surface area contributed by atoms with Crippen molar-refractivity contribution in [2.45, 2.75) is 200 Å². The van der Waals surface area contributed by atoms with Gasteiger partial charge in [-0.05, 0) is 44.9 Å². The number of hydrogen-bond donors (Lipinski definition) is 3. The summed E-state index contributed by atoms with van der Waals surface area (Å²) < 4.78 is 26.9. The highest BCUT2D eigenvalue weighted by Crippen LogP contribution is 2.42. The molecule has 0 fully saturated rings. The Morgan fingerprint density at radius 2 is 1.08 bits per heavy atom. The molecule has 0 saturated heterocycles. The monoisotopic (exact) mass is 770 g/mol. The van der Waals surface area contributed by atoms with Gasteiger partial charge < -0.3 is 20.1 Å². The Morgan fingerprint density at radius 1 is 0.604 bits per heavy atom. The van der Waals surface area contributed by atoms with Gasteiger partial charge in [0.2, 0.25) is 5.91 Å². The molecule has 0 heterocycles. The van der Waals surface area contributed by atoms with Gasteiger partial charge in [0, 0.05) is 19.4 Å². The topological polar surface area (TPSA) is 131 Å². The molecular formula is C43H80NO8P. The second kappa shape index (κ2) is 39.9. The van der Waals surface area contributed by atoms with Gasteiger partial charge in [-0.25, -0.2) is 4.57 Å². The van der Waals surface area contributed by atoms with E-state index in [1.54, 1.807) is 0 Å². The lowest BCUT2D eigenvalue weighted by Gasteiger charge is -2.15. The van der Waals surface area contributed by atoms with E-state index in [1.807, 2.05) is 0 Å². The fraction of sp³-hybridized carbons (Fsp3) is 0.814. The molecule has 0 radical (unpaired) electrons. The smallest absolute Gasteiger partial charge is 0.463 e. The van der Waals surface area contributed by atoms with Crippen LogP contribution in [0.1, 0.15) is 194 Å². The quantitative estimate of drug-likeness (QED) is 0.0243. The fourth-order valence-corrected chi connectivity index (χ4v) is 6.62. The number of rotatable bonds is 40. The molecule has 2 unspecified atom stereocenters. The predicted molar refractivity (Wildman–Crippen MR) is 220 cm³/mol. The Hall–Kier alpha value is -1.77.